The van der Waals surface area contributed by atoms with Crippen molar-refractivity contribution in [2.75, 3.05) is 0 Å². The Hall–Kier alpha value is -0.910. The third-order valence-corrected chi connectivity index (χ3v) is 3.63. The van der Waals surface area contributed by atoms with E-state index in [1.54, 1.807) is 17.8 Å². The molecule has 0 aromatic carbocycles. The Kier molecular flexibility index (Phi) is 4.68. The molecule has 0 aliphatic heterocycles. The van der Waals surface area contributed by atoms with Gasteiger partial charge in [0, 0.05) is 18.3 Å². The van der Waals surface area contributed by atoms with Gasteiger partial charge in [0.05, 0.1) is 5.69 Å². The Morgan fingerprint density at radius 3 is 2.47 bits per heavy atom. The summed E-state index contributed by atoms with van der Waals surface area (Å²) in [6, 6.07) is 0. The van der Waals surface area contributed by atoms with Crippen LogP contribution in [0.15, 0.2) is 6.20 Å². The van der Waals surface area contributed by atoms with Crippen LogP contribution in [0.2, 0.25) is 0 Å². The Morgan fingerprint density at radius 1 is 1.41 bits per heavy atom. The zero-order valence-electron chi connectivity index (χ0n) is 10.5. The molecule has 6 heteroatoms. The first-order valence-electron chi connectivity index (χ1n) is 5.81. The number of hydrogen-bond donors (Lipinski definition) is 0. The normalized spacial score (nSPS) is 12.3. The number of hydrogen-bond acceptors (Lipinski definition) is 3. The van der Waals surface area contributed by atoms with Gasteiger partial charge in [-0.3, -0.25) is 4.68 Å². The topological polar surface area (TPSA) is 52.0 Å². The van der Waals surface area contributed by atoms with Crippen LogP contribution in [-0.2, 0) is 22.5 Å². The maximum atomic E-state index is 12.6. The Bertz CT molecular complexity index is 464. The lowest BCUT2D eigenvalue weighted by Gasteiger charge is -2.11. The molecule has 0 spiro atoms. The van der Waals surface area contributed by atoms with Gasteiger partial charge in [-0.15, -0.1) is 3.89 Å². The number of aromatic nitrogens is 2. The molecule has 0 saturated heterocycles. The maximum absolute atomic E-state index is 12.6. The van der Waals surface area contributed by atoms with E-state index in [9.17, 15) is 12.3 Å². The minimum Gasteiger partial charge on any atom is -0.272 e. The van der Waals surface area contributed by atoms with Crippen molar-refractivity contribution in [3.05, 3.63) is 17.5 Å². The molecule has 1 aromatic rings. The van der Waals surface area contributed by atoms with Gasteiger partial charge in [-0.2, -0.15) is 13.5 Å². The first-order chi connectivity index (χ1) is 7.85. The van der Waals surface area contributed by atoms with Gasteiger partial charge in [0.25, 0.3) is 0 Å². The van der Waals surface area contributed by atoms with Crippen molar-refractivity contribution >= 4 is 10.2 Å². The van der Waals surface area contributed by atoms with Crippen LogP contribution in [0.5, 0.6) is 0 Å². The average Bonchev–Trinajstić information content (AvgIpc) is 2.53. The zero-order valence-corrected chi connectivity index (χ0v) is 11.3. The lowest BCUT2D eigenvalue weighted by molar-refractivity contribution is 0.395. The van der Waals surface area contributed by atoms with Crippen LogP contribution >= 0.6 is 0 Å². The predicted molar refractivity (Wildman–Crippen MR) is 64.8 cm³/mol. The van der Waals surface area contributed by atoms with Crippen molar-refractivity contribution in [3.63, 3.8) is 0 Å². The molecular weight excluding hydrogens is 243 g/mol. The largest absolute Gasteiger partial charge is 0.306 e. The highest BCUT2D eigenvalue weighted by Gasteiger charge is 2.15. The summed E-state index contributed by atoms with van der Waals surface area (Å²) in [5, 5.41) is 4.22. The van der Waals surface area contributed by atoms with Crippen molar-refractivity contribution < 1.29 is 12.3 Å². The van der Waals surface area contributed by atoms with Gasteiger partial charge in [-0.1, -0.05) is 26.7 Å². The van der Waals surface area contributed by atoms with Gasteiger partial charge in [0.1, 0.15) is 5.75 Å². The van der Waals surface area contributed by atoms with Crippen molar-refractivity contribution in [3.8, 4) is 0 Å². The van der Waals surface area contributed by atoms with E-state index in [1.807, 2.05) is 0 Å². The second kappa shape index (κ2) is 5.62. The van der Waals surface area contributed by atoms with E-state index in [0.29, 0.717) is 17.2 Å². The van der Waals surface area contributed by atoms with Gasteiger partial charge in [-0.25, -0.2) is 0 Å². The maximum Gasteiger partial charge on any atom is 0.306 e. The number of aryl methyl sites for hydroxylation is 1. The minimum atomic E-state index is -4.48. The molecule has 1 rings (SSSR count). The van der Waals surface area contributed by atoms with E-state index >= 15 is 0 Å². The van der Waals surface area contributed by atoms with Crippen molar-refractivity contribution in [2.45, 2.75) is 45.9 Å². The fraction of sp³-hybridized carbons (Fsp3) is 0.727. The number of rotatable bonds is 6. The molecule has 0 radical (unpaired) electrons. The van der Waals surface area contributed by atoms with Crippen LogP contribution in [0.1, 0.15) is 37.9 Å². The van der Waals surface area contributed by atoms with E-state index in [4.69, 9.17) is 0 Å². The summed E-state index contributed by atoms with van der Waals surface area (Å²) >= 11 is 0. The van der Waals surface area contributed by atoms with Crippen LogP contribution in [0.4, 0.5) is 3.89 Å². The first kappa shape index (κ1) is 14.2. The molecule has 0 saturated carbocycles. The van der Waals surface area contributed by atoms with Crippen LogP contribution in [0.25, 0.3) is 0 Å². The molecule has 1 aromatic heterocycles. The first-order valence-corrected chi connectivity index (χ1v) is 7.36. The van der Waals surface area contributed by atoms with Crippen LogP contribution in [0, 0.1) is 12.8 Å². The molecule has 0 amide bonds. The Labute approximate surface area is 102 Å². The highest BCUT2D eigenvalue weighted by atomic mass is 32.3. The smallest absolute Gasteiger partial charge is 0.272 e. The summed E-state index contributed by atoms with van der Waals surface area (Å²) in [5.74, 6) is -0.0639. The monoisotopic (exact) mass is 262 g/mol. The molecule has 0 fully saturated rings. The summed E-state index contributed by atoms with van der Waals surface area (Å²) in [7, 11) is -4.48. The van der Waals surface area contributed by atoms with E-state index in [1.165, 1.54) is 0 Å². The lowest BCUT2D eigenvalue weighted by atomic mass is 10.0. The summed E-state index contributed by atoms with van der Waals surface area (Å²) in [5.41, 5.74) is 1.02. The Morgan fingerprint density at radius 2 is 2.00 bits per heavy atom. The average molecular weight is 262 g/mol. The molecule has 98 valence electrons. The van der Waals surface area contributed by atoms with Gasteiger partial charge >= 0.3 is 10.2 Å². The SMILES string of the molecule is CCC(CC)Cn1cc(CS(=O)(=O)F)c(C)n1. The molecule has 17 heavy (non-hydrogen) atoms. The summed E-state index contributed by atoms with van der Waals surface area (Å²) in [4.78, 5) is 0. The molecule has 1 heterocycles. The predicted octanol–water partition coefficient (Wildman–Crippen LogP) is 2.43. The van der Waals surface area contributed by atoms with E-state index in [-0.39, 0.29) is 0 Å². The molecule has 0 N–H and O–H groups in total. The third kappa shape index (κ3) is 4.46. The van der Waals surface area contributed by atoms with E-state index in [0.717, 1.165) is 19.4 Å². The molecule has 0 unspecified atom stereocenters. The van der Waals surface area contributed by atoms with Crippen LogP contribution < -0.4 is 0 Å². The molecule has 0 aliphatic rings. The van der Waals surface area contributed by atoms with Gasteiger partial charge in [-0.05, 0) is 12.8 Å². The third-order valence-electron chi connectivity index (χ3n) is 2.98. The molecule has 0 atom stereocenters. The van der Waals surface area contributed by atoms with Gasteiger partial charge in [0.15, 0.2) is 0 Å². The zero-order chi connectivity index (χ0) is 13.1. The number of nitrogens with zero attached hydrogens (tertiary/aromatic N) is 2. The standard InChI is InChI=1S/C11H19FN2O2S/c1-4-10(5-2)6-14-7-11(9(3)13-14)8-17(12,15)16/h7,10H,4-6,8H2,1-3H3. The second-order valence-corrected chi connectivity index (χ2v) is 5.69. The van der Waals surface area contributed by atoms with Gasteiger partial charge in [0.2, 0.25) is 0 Å². The van der Waals surface area contributed by atoms with Crippen LogP contribution in [0.3, 0.4) is 0 Å². The summed E-state index contributed by atoms with van der Waals surface area (Å²) < 4.78 is 35.5. The minimum absolute atomic E-state index is 0.443. The van der Waals surface area contributed by atoms with Crippen molar-refractivity contribution in [1.82, 2.24) is 9.78 Å². The highest BCUT2D eigenvalue weighted by Crippen LogP contribution is 2.15. The summed E-state index contributed by atoms with van der Waals surface area (Å²) in [6.45, 7) is 6.67. The van der Waals surface area contributed by atoms with Crippen molar-refractivity contribution in [1.29, 1.82) is 0 Å². The lowest BCUT2D eigenvalue weighted by Crippen LogP contribution is -2.09. The molecular formula is C11H19FN2O2S. The van der Waals surface area contributed by atoms with E-state index in [2.05, 4.69) is 18.9 Å². The Balaban J connectivity index is 2.81. The van der Waals surface area contributed by atoms with E-state index < -0.39 is 16.0 Å². The number of halogens is 1. The molecule has 0 aliphatic carbocycles. The fourth-order valence-electron chi connectivity index (χ4n) is 1.79. The highest BCUT2D eigenvalue weighted by molar-refractivity contribution is 7.85. The summed E-state index contributed by atoms with van der Waals surface area (Å²) in [6.07, 6.45) is 3.73. The fourth-order valence-corrected chi connectivity index (χ4v) is 2.45. The molecule has 0 bridgehead atoms. The van der Waals surface area contributed by atoms with Gasteiger partial charge < -0.3 is 0 Å². The second-order valence-electron chi connectivity index (χ2n) is 4.33. The quantitative estimate of drug-likeness (QED) is 0.740. The van der Waals surface area contributed by atoms with Crippen molar-refractivity contribution in [2.24, 2.45) is 5.92 Å². The molecule has 4 nitrogen and oxygen atoms in total. The van der Waals surface area contributed by atoms with Crippen LogP contribution in [-0.4, -0.2) is 18.2 Å².